The average Bonchev–Trinajstić information content (AvgIpc) is 3.44. The van der Waals surface area contributed by atoms with Crippen LogP contribution in [0, 0.1) is 11.6 Å². The van der Waals surface area contributed by atoms with Gasteiger partial charge < -0.3 is 15.0 Å². The van der Waals surface area contributed by atoms with E-state index in [1.165, 1.54) is 31.4 Å². The van der Waals surface area contributed by atoms with E-state index in [-0.39, 0.29) is 17.2 Å². The van der Waals surface area contributed by atoms with Gasteiger partial charge in [-0.15, -0.1) is 0 Å². The Kier molecular flexibility index (Phi) is 8.31. The van der Waals surface area contributed by atoms with Gasteiger partial charge in [0, 0.05) is 30.4 Å². The second-order valence-electron chi connectivity index (χ2n) is 8.93. The Morgan fingerprint density at radius 3 is 2.51 bits per heavy atom. The molecule has 0 atom stereocenters. The number of anilines is 1. The van der Waals surface area contributed by atoms with Gasteiger partial charge in [0.1, 0.15) is 11.6 Å². The van der Waals surface area contributed by atoms with Crippen LogP contribution >= 0.6 is 0 Å². The summed E-state index contributed by atoms with van der Waals surface area (Å²) in [6, 6.07) is 20.6. The molecule has 0 saturated heterocycles. The molecule has 41 heavy (non-hydrogen) atoms. The number of imidazole rings is 1. The number of hydrogen-bond acceptors (Lipinski definition) is 7. The molecule has 210 valence electrons. The molecule has 9 nitrogen and oxygen atoms in total. The molecule has 0 spiro atoms. The van der Waals surface area contributed by atoms with E-state index < -0.39 is 21.7 Å². The Morgan fingerprint density at radius 2 is 1.73 bits per heavy atom. The van der Waals surface area contributed by atoms with Gasteiger partial charge in [-0.2, -0.15) is 0 Å². The van der Waals surface area contributed by atoms with Gasteiger partial charge in [0.2, 0.25) is 16.0 Å². The number of methoxy groups -OCH3 is 1. The SMILES string of the molecule is COc1cc(-c2nc(-c3ccccc3)[nH]c2-c2ccnc(NCCCNS(=O)(=O)c3cccc(F)c3)n2)ccc1F. The Hall–Kier alpha value is -4.68. The highest BCUT2D eigenvalue weighted by molar-refractivity contribution is 7.89. The maximum Gasteiger partial charge on any atom is 0.240 e. The van der Waals surface area contributed by atoms with Crippen molar-refractivity contribution in [1.29, 1.82) is 0 Å². The van der Waals surface area contributed by atoms with Crippen molar-refractivity contribution in [1.82, 2.24) is 24.7 Å². The fraction of sp³-hybridized carbons (Fsp3) is 0.138. The number of rotatable bonds is 11. The molecule has 0 bridgehead atoms. The molecule has 0 aliphatic rings. The standard InChI is InChI=1S/C29H26F2N6O3S/c1-40-25-17-20(11-12-23(25)31)26-27(37-28(36-26)19-7-3-2-4-8-19)24-13-16-33-29(35-24)32-14-6-15-34-41(38,39)22-10-5-9-21(30)18-22/h2-5,7-13,16-18,34H,6,14-15H2,1H3,(H,36,37)(H,32,33,35). The highest BCUT2D eigenvalue weighted by Crippen LogP contribution is 2.34. The van der Waals surface area contributed by atoms with E-state index in [4.69, 9.17) is 9.72 Å². The van der Waals surface area contributed by atoms with E-state index in [1.54, 1.807) is 24.4 Å². The quantitative estimate of drug-likeness (QED) is 0.183. The Morgan fingerprint density at radius 1 is 0.902 bits per heavy atom. The van der Waals surface area contributed by atoms with Crippen molar-refractivity contribution < 1.29 is 21.9 Å². The number of aromatic amines is 1. The van der Waals surface area contributed by atoms with Crippen molar-refractivity contribution in [2.45, 2.75) is 11.3 Å². The number of nitrogens with zero attached hydrogens (tertiary/aromatic N) is 3. The van der Waals surface area contributed by atoms with Gasteiger partial charge in [-0.05, 0) is 48.9 Å². The second-order valence-corrected chi connectivity index (χ2v) is 10.7. The lowest BCUT2D eigenvalue weighted by atomic mass is 10.1. The zero-order valence-electron chi connectivity index (χ0n) is 21.9. The lowest BCUT2D eigenvalue weighted by Crippen LogP contribution is -2.26. The molecule has 5 rings (SSSR count). The van der Waals surface area contributed by atoms with Crippen molar-refractivity contribution in [3.8, 4) is 39.8 Å². The van der Waals surface area contributed by atoms with E-state index in [0.29, 0.717) is 47.4 Å². The molecule has 12 heteroatoms. The van der Waals surface area contributed by atoms with Crippen LogP contribution in [-0.2, 0) is 10.0 Å². The van der Waals surface area contributed by atoms with Crippen LogP contribution in [0.4, 0.5) is 14.7 Å². The Labute approximate surface area is 235 Å². The molecule has 2 aromatic heterocycles. The van der Waals surface area contributed by atoms with Crippen molar-refractivity contribution in [2.24, 2.45) is 0 Å². The predicted octanol–water partition coefficient (Wildman–Crippen LogP) is 5.27. The summed E-state index contributed by atoms with van der Waals surface area (Å²) in [7, 11) is -2.42. The summed E-state index contributed by atoms with van der Waals surface area (Å²) in [5.41, 5.74) is 3.20. The van der Waals surface area contributed by atoms with Crippen LogP contribution < -0.4 is 14.8 Å². The van der Waals surface area contributed by atoms with E-state index in [9.17, 15) is 17.2 Å². The molecule has 0 saturated carbocycles. The van der Waals surface area contributed by atoms with Crippen molar-refractivity contribution >= 4 is 16.0 Å². The second kappa shape index (κ2) is 12.2. The third kappa shape index (κ3) is 6.56. The highest BCUT2D eigenvalue weighted by Gasteiger charge is 2.19. The van der Waals surface area contributed by atoms with Gasteiger partial charge in [0.25, 0.3) is 0 Å². The van der Waals surface area contributed by atoms with Gasteiger partial charge in [-0.3, -0.25) is 0 Å². The van der Waals surface area contributed by atoms with Gasteiger partial charge >= 0.3 is 0 Å². The van der Waals surface area contributed by atoms with Crippen molar-refractivity contribution in [3.05, 3.63) is 96.7 Å². The highest BCUT2D eigenvalue weighted by atomic mass is 32.2. The monoisotopic (exact) mass is 576 g/mol. The number of sulfonamides is 1. The van der Waals surface area contributed by atoms with E-state index in [1.807, 2.05) is 30.3 Å². The van der Waals surface area contributed by atoms with Crippen molar-refractivity contribution in [2.75, 3.05) is 25.5 Å². The average molecular weight is 577 g/mol. The van der Waals surface area contributed by atoms with Crippen LogP contribution in [0.2, 0.25) is 0 Å². The molecule has 3 aromatic carbocycles. The van der Waals surface area contributed by atoms with Crippen LogP contribution in [-0.4, -0.2) is 48.6 Å². The zero-order valence-corrected chi connectivity index (χ0v) is 22.8. The minimum atomic E-state index is -3.82. The van der Waals surface area contributed by atoms with Crippen molar-refractivity contribution in [3.63, 3.8) is 0 Å². The Balaban J connectivity index is 1.33. The topological polar surface area (TPSA) is 122 Å². The van der Waals surface area contributed by atoms with Gasteiger partial charge in [-0.1, -0.05) is 36.4 Å². The fourth-order valence-electron chi connectivity index (χ4n) is 4.10. The maximum absolute atomic E-state index is 14.1. The van der Waals surface area contributed by atoms with E-state index in [0.717, 1.165) is 11.6 Å². The summed E-state index contributed by atoms with van der Waals surface area (Å²) in [4.78, 5) is 16.9. The first-order valence-electron chi connectivity index (χ1n) is 12.7. The summed E-state index contributed by atoms with van der Waals surface area (Å²) in [5, 5.41) is 3.09. The molecule has 0 amide bonds. The third-order valence-electron chi connectivity index (χ3n) is 6.12. The number of halogens is 2. The molecular weight excluding hydrogens is 550 g/mol. The summed E-state index contributed by atoms with van der Waals surface area (Å²) in [5.74, 6) is -0.0767. The van der Waals surface area contributed by atoms with Crippen LogP contribution in [0.1, 0.15) is 6.42 Å². The molecule has 2 heterocycles. The number of ether oxygens (including phenoxy) is 1. The minimum absolute atomic E-state index is 0.0933. The smallest absolute Gasteiger partial charge is 0.240 e. The number of benzene rings is 3. The van der Waals surface area contributed by atoms with E-state index >= 15 is 0 Å². The number of nitrogens with one attached hydrogen (secondary N) is 3. The lowest BCUT2D eigenvalue weighted by molar-refractivity contribution is 0.387. The molecule has 3 N–H and O–H groups in total. The zero-order chi connectivity index (χ0) is 28.8. The molecule has 0 aliphatic carbocycles. The number of hydrogen-bond donors (Lipinski definition) is 3. The minimum Gasteiger partial charge on any atom is -0.494 e. The molecule has 0 unspecified atom stereocenters. The van der Waals surface area contributed by atoms with Crippen LogP contribution in [0.15, 0.2) is 90.0 Å². The molecular formula is C29H26F2N6O3S. The predicted molar refractivity (Wildman–Crippen MR) is 152 cm³/mol. The number of aromatic nitrogens is 4. The van der Waals surface area contributed by atoms with Gasteiger partial charge in [0.15, 0.2) is 11.6 Å². The first kappa shape index (κ1) is 27.9. The Bertz CT molecular complexity index is 1760. The lowest BCUT2D eigenvalue weighted by Gasteiger charge is -2.09. The largest absolute Gasteiger partial charge is 0.494 e. The van der Waals surface area contributed by atoms with Crippen LogP contribution in [0.25, 0.3) is 34.0 Å². The summed E-state index contributed by atoms with van der Waals surface area (Å²) >= 11 is 0. The first-order chi connectivity index (χ1) is 19.8. The molecule has 0 aliphatic heterocycles. The fourth-order valence-corrected chi connectivity index (χ4v) is 5.21. The summed E-state index contributed by atoms with van der Waals surface area (Å²) < 4.78 is 59.9. The van der Waals surface area contributed by atoms with Crippen LogP contribution in [0.5, 0.6) is 5.75 Å². The molecule has 0 radical (unpaired) electrons. The van der Waals surface area contributed by atoms with Gasteiger partial charge in [-0.25, -0.2) is 36.9 Å². The first-order valence-corrected chi connectivity index (χ1v) is 14.1. The number of H-pyrrole nitrogens is 1. The normalized spacial score (nSPS) is 11.4. The maximum atomic E-state index is 14.1. The van der Waals surface area contributed by atoms with Gasteiger partial charge in [0.05, 0.1) is 29.1 Å². The van der Waals surface area contributed by atoms with Crippen LogP contribution in [0.3, 0.4) is 0 Å². The molecule has 0 fully saturated rings. The summed E-state index contributed by atoms with van der Waals surface area (Å²) in [6.45, 7) is 0.498. The molecule has 5 aromatic rings. The third-order valence-corrected chi connectivity index (χ3v) is 7.58. The summed E-state index contributed by atoms with van der Waals surface area (Å²) in [6.07, 6.45) is 2.01. The van der Waals surface area contributed by atoms with E-state index in [2.05, 4.69) is 25.0 Å².